The number of aryl methyl sites for hydroxylation is 1. The minimum absolute atomic E-state index is 0.513. The topological polar surface area (TPSA) is 70.8 Å². The van der Waals surface area contributed by atoms with Gasteiger partial charge in [-0.2, -0.15) is 10.2 Å². The third kappa shape index (κ3) is 3.42. The molecule has 0 unspecified atom stereocenters. The number of aromatic nitrogens is 2. The summed E-state index contributed by atoms with van der Waals surface area (Å²) in [5.74, 6) is 1.04. The predicted octanol–water partition coefficient (Wildman–Crippen LogP) is 2.28. The van der Waals surface area contributed by atoms with Crippen LogP contribution in [0.1, 0.15) is 16.8 Å². The van der Waals surface area contributed by atoms with Crippen molar-refractivity contribution in [2.75, 3.05) is 12.4 Å². The Labute approximate surface area is 111 Å². The molecule has 0 spiro atoms. The maximum atomic E-state index is 8.84. The summed E-state index contributed by atoms with van der Waals surface area (Å²) in [5.41, 5.74) is 2.48. The largest absolute Gasteiger partial charge is 0.481 e. The molecule has 5 heteroatoms. The summed E-state index contributed by atoms with van der Waals surface area (Å²) in [7, 11) is 1.57. The first-order chi connectivity index (χ1) is 9.21. The lowest BCUT2D eigenvalue weighted by molar-refractivity contribution is 0.397. The molecule has 0 bridgehead atoms. The molecule has 5 nitrogen and oxygen atoms in total. The van der Waals surface area contributed by atoms with Gasteiger partial charge >= 0.3 is 0 Å². The van der Waals surface area contributed by atoms with Crippen LogP contribution in [-0.4, -0.2) is 17.1 Å². The van der Waals surface area contributed by atoms with Gasteiger partial charge in [0.15, 0.2) is 0 Å². The number of hydrogen-bond acceptors (Lipinski definition) is 5. The van der Waals surface area contributed by atoms with Gasteiger partial charge in [0.2, 0.25) is 11.8 Å². The summed E-state index contributed by atoms with van der Waals surface area (Å²) in [4.78, 5) is 8.47. The first-order valence-corrected chi connectivity index (χ1v) is 5.84. The molecule has 0 radical (unpaired) electrons. The van der Waals surface area contributed by atoms with E-state index in [4.69, 9.17) is 10.00 Å². The van der Waals surface area contributed by atoms with Crippen LogP contribution in [0.3, 0.4) is 0 Å². The maximum Gasteiger partial charge on any atom is 0.226 e. The summed E-state index contributed by atoms with van der Waals surface area (Å²) in [6.45, 7) is 2.44. The Hall–Kier alpha value is -2.61. The second-order valence-corrected chi connectivity index (χ2v) is 4.04. The van der Waals surface area contributed by atoms with Gasteiger partial charge in [-0.15, -0.1) is 0 Å². The quantitative estimate of drug-likeness (QED) is 0.906. The van der Waals surface area contributed by atoms with Gasteiger partial charge in [-0.25, -0.2) is 4.98 Å². The fourth-order valence-electron chi connectivity index (χ4n) is 1.66. The Balaban J connectivity index is 2.10. The Morgan fingerprint density at radius 1 is 1.32 bits per heavy atom. The lowest BCUT2D eigenvalue weighted by Crippen LogP contribution is -2.05. The van der Waals surface area contributed by atoms with Crippen molar-refractivity contribution < 1.29 is 4.74 Å². The Bertz CT molecular complexity index is 619. The average molecular weight is 254 g/mol. The molecule has 0 aliphatic carbocycles. The van der Waals surface area contributed by atoms with E-state index in [0.29, 0.717) is 23.9 Å². The van der Waals surface area contributed by atoms with Gasteiger partial charge in [0.25, 0.3) is 0 Å². The molecular formula is C14H14N4O. The molecule has 1 N–H and O–H groups in total. The van der Waals surface area contributed by atoms with E-state index in [0.717, 1.165) is 11.3 Å². The van der Waals surface area contributed by atoms with E-state index >= 15 is 0 Å². The van der Waals surface area contributed by atoms with Gasteiger partial charge in [-0.05, 0) is 24.6 Å². The summed E-state index contributed by atoms with van der Waals surface area (Å²) in [6.07, 6.45) is 0. The average Bonchev–Trinajstić information content (AvgIpc) is 2.44. The number of hydrogen-bond donors (Lipinski definition) is 1. The van der Waals surface area contributed by atoms with Crippen molar-refractivity contribution in [1.29, 1.82) is 5.26 Å². The van der Waals surface area contributed by atoms with Gasteiger partial charge in [-0.1, -0.05) is 12.1 Å². The zero-order chi connectivity index (χ0) is 13.7. The van der Waals surface area contributed by atoms with Crippen molar-refractivity contribution in [3.63, 3.8) is 0 Å². The molecule has 1 heterocycles. The highest BCUT2D eigenvalue weighted by Crippen LogP contribution is 2.12. The summed E-state index contributed by atoms with van der Waals surface area (Å²) < 4.78 is 5.09. The number of anilines is 1. The van der Waals surface area contributed by atoms with Crippen LogP contribution < -0.4 is 10.1 Å². The van der Waals surface area contributed by atoms with Crippen molar-refractivity contribution in [3.05, 3.63) is 47.2 Å². The van der Waals surface area contributed by atoms with E-state index in [1.165, 1.54) is 0 Å². The van der Waals surface area contributed by atoms with Crippen molar-refractivity contribution in [2.45, 2.75) is 13.5 Å². The molecule has 1 aromatic carbocycles. The van der Waals surface area contributed by atoms with Gasteiger partial charge in [0.05, 0.1) is 18.7 Å². The van der Waals surface area contributed by atoms with Crippen molar-refractivity contribution in [3.8, 4) is 11.9 Å². The van der Waals surface area contributed by atoms with Crippen LogP contribution in [0, 0.1) is 18.3 Å². The molecule has 19 heavy (non-hydrogen) atoms. The highest BCUT2D eigenvalue weighted by molar-refractivity contribution is 5.36. The molecular weight excluding hydrogens is 240 g/mol. The number of methoxy groups -OCH3 is 1. The minimum atomic E-state index is 0.513. The molecule has 96 valence electrons. The number of nitrogens with one attached hydrogen (secondary N) is 1. The number of rotatable bonds is 4. The molecule has 0 aliphatic heterocycles. The first kappa shape index (κ1) is 12.8. The molecule has 0 aliphatic rings. The molecule has 0 saturated heterocycles. The number of benzene rings is 1. The highest BCUT2D eigenvalue weighted by atomic mass is 16.5. The fourth-order valence-corrected chi connectivity index (χ4v) is 1.66. The molecule has 0 amide bonds. The lowest BCUT2D eigenvalue weighted by Gasteiger charge is -2.07. The first-order valence-electron chi connectivity index (χ1n) is 5.84. The van der Waals surface area contributed by atoms with Gasteiger partial charge in [0, 0.05) is 18.3 Å². The number of nitrogens with zero attached hydrogens (tertiary/aromatic N) is 3. The van der Waals surface area contributed by atoms with E-state index in [9.17, 15) is 0 Å². The van der Waals surface area contributed by atoms with E-state index in [2.05, 4.69) is 21.4 Å². The monoisotopic (exact) mass is 254 g/mol. The zero-order valence-electron chi connectivity index (χ0n) is 10.8. The normalized spacial score (nSPS) is 9.74. The molecule has 0 atom stereocenters. The molecule has 0 fully saturated rings. The van der Waals surface area contributed by atoms with E-state index in [1.54, 1.807) is 19.2 Å². The Morgan fingerprint density at radius 3 is 2.89 bits per heavy atom. The van der Waals surface area contributed by atoms with Gasteiger partial charge in [0.1, 0.15) is 0 Å². The van der Waals surface area contributed by atoms with Crippen LogP contribution in [0.4, 0.5) is 5.95 Å². The maximum absolute atomic E-state index is 8.84. The summed E-state index contributed by atoms with van der Waals surface area (Å²) >= 11 is 0. The molecule has 2 aromatic rings. The highest BCUT2D eigenvalue weighted by Gasteiger charge is 2.02. The van der Waals surface area contributed by atoms with Crippen molar-refractivity contribution in [1.82, 2.24) is 9.97 Å². The summed E-state index contributed by atoms with van der Waals surface area (Å²) in [5, 5.41) is 12.0. The second-order valence-electron chi connectivity index (χ2n) is 4.04. The van der Waals surface area contributed by atoms with Crippen LogP contribution in [-0.2, 0) is 6.54 Å². The number of nitriles is 1. The van der Waals surface area contributed by atoms with Crippen LogP contribution in [0.5, 0.6) is 5.88 Å². The molecule has 1 aromatic heterocycles. The lowest BCUT2D eigenvalue weighted by atomic mass is 10.1. The van der Waals surface area contributed by atoms with Gasteiger partial charge < -0.3 is 10.1 Å². The zero-order valence-corrected chi connectivity index (χ0v) is 10.8. The Kier molecular flexibility index (Phi) is 3.94. The summed E-state index contributed by atoms with van der Waals surface area (Å²) in [6, 6.07) is 11.3. The van der Waals surface area contributed by atoms with Crippen LogP contribution in [0.15, 0.2) is 30.3 Å². The SMILES string of the molecule is COc1cc(C)nc(NCc2cccc(C#N)c2)n1. The van der Waals surface area contributed by atoms with Crippen LogP contribution >= 0.6 is 0 Å². The van der Waals surface area contributed by atoms with Crippen LogP contribution in [0.2, 0.25) is 0 Å². The fraction of sp³-hybridized carbons (Fsp3) is 0.214. The third-order valence-corrected chi connectivity index (χ3v) is 2.55. The standard InChI is InChI=1S/C14H14N4O/c1-10-6-13(19-2)18-14(17-10)16-9-12-5-3-4-11(7-12)8-15/h3-7H,9H2,1-2H3,(H,16,17,18). The van der Waals surface area contributed by atoms with E-state index in [-0.39, 0.29) is 0 Å². The number of ether oxygens (including phenoxy) is 1. The minimum Gasteiger partial charge on any atom is -0.481 e. The molecule has 2 rings (SSSR count). The van der Waals surface area contributed by atoms with E-state index < -0.39 is 0 Å². The second kappa shape index (κ2) is 5.83. The van der Waals surface area contributed by atoms with Gasteiger partial charge in [-0.3, -0.25) is 0 Å². The predicted molar refractivity (Wildman–Crippen MR) is 71.8 cm³/mol. The van der Waals surface area contributed by atoms with Crippen molar-refractivity contribution >= 4 is 5.95 Å². The van der Waals surface area contributed by atoms with E-state index in [1.807, 2.05) is 25.1 Å². The Morgan fingerprint density at radius 2 is 2.16 bits per heavy atom. The molecule has 0 saturated carbocycles. The third-order valence-electron chi connectivity index (χ3n) is 2.55. The smallest absolute Gasteiger partial charge is 0.226 e. The van der Waals surface area contributed by atoms with Crippen LogP contribution in [0.25, 0.3) is 0 Å². The van der Waals surface area contributed by atoms with Crippen molar-refractivity contribution in [2.24, 2.45) is 0 Å².